The van der Waals surface area contributed by atoms with E-state index in [1.807, 2.05) is 72.8 Å². The molecular weight excluding hydrogens is 385 g/mol. The Morgan fingerprint density at radius 2 is 1.31 bits per heavy atom. The molecule has 0 heterocycles. The number of hydrogen-bond donors (Lipinski definition) is 1. The number of rotatable bonds is 6. The zero-order chi connectivity index (χ0) is 18.4. The van der Waals surface area contributed by atoms with Crippen molar-refractivity contribution >= 4 is 40.4 Å². The molecule has 0 aliphatic rings. The summed E-state index contributed by atoms with van der Waals surface area (Å²) >= 11 is 17.2. The molecule has 0 atom stereocenters. The molecule has 0 radical (unpaired) electrons. The number of thiocarbonyl (C=S) groups is 1. The van der Waals surface area contributed by atoms with Crippen LogP contribution in [-0.4, -0.2) is 4.99 Å². The molecule has 3 aromatic carbocycles. The molecule has 0 saturated carbocycles. The maximum absolute atomic E-state index is 5.89. The highest BCUT2D eigenvalue weighted by atomic mass is 35.5. The van der Waals surface area contributed by atoms with Crippen LogP contribution in [0.3, 0.4) is 0 Å². The highest BCUT2D eigenvalue weighted by molar-refractivity contribution is 7.80. The van der Waals surface area contributed by atoms with Crippen molar-refractivity contribution in [3.63, 3.8) is 0 Å². The van der Waals surface area contributed by atoms with Gasteiger partial charge in [-0.2, -0.15) is 0 Å². The van der Waals surface area contributed by atoms with Crippen LogP contribution in [0.5, 0.6) is 5.75 Å². The van der Waals surface area contributed by atoms with Crippen molar-refractivity contribution in [3.8, 4) is 5.75 Å². The fraction of sp³-hybridized carbons (Fsp3) is 0.0952. The van der Waals surface area contributed by atoms with E-state index in [-0.39, 0.29) is 0 Å². The second kappa shape index (κ2) is 9.04. The molecule has 0 spiro atoms. The molecule has 0 aliphatic carbocycles. The molecular formula is C21H17Cl2NOS. The number of benzene rings is 3. The molecule has 1 N–H and O–H groups in total. The molecule has 0 saturated heterocycles. The van der Waals surface area contributed by atoms with Crippen molar-refractivity contribution in [1.29, 1.82) is 0 Å². The molecule has 0 bridgehead atoms. The van der Waals surface area contributed by atoms with E-state index in [2.05, 4.69) is 5.32 Å². The Morgan fingerprint density at radius 3 is 1.88 bits per heavy atom. The smallest absolute Gasteiger partial charge is 0.119 e. The fourth-order valence-corrected chi connectivity index (χ4v) is 2.80. The number of hydrogen-bond acceptors (Lipinski definition) is 2. The first-order valence-electron chi connectivity index (χ1n) is 8.10. The zero-order valence-corrected chi connectivity index (χ0v) is 16.2. The van der Waals surface area contributed by atoms with Crippen molar-refractivity contribution in [3.05, 3.63) is 99.5 Å². The van der Waals surface area contributed by atoms with Crippen LogP contribution in [0.2, 0.25) is 10.0 Å². The van der Waals surface area contributed by atoms with Gasteiger partial charge in [0.05, 0.1) is 0 Å². The van der Waals surface area contributed by atoms with Gasteiger partial charge in [-0.25, -0.2) is 0 Å². The summed E-state index contributed by atoms with van der Waals surface area (Å²) in [7, 11) is 0. The summed E-state index contributed by atoms with van der Waals surface area (Å²) in [6.45, 7) is 1.15. The van der Waals surface area contributed by atoms with Crippen molar-refractivity contribution in [1.82, 2.24) is 5.32 Å². The van der Waals surface area contributed by atoms with Gasteiger partial charge in [0.1, 0.15) is 17.3 Å². The first kappa shape index (κ1) is 18.7. The summed E-state index contributed by atoms with van der Waals surface area (Å²) < 4.78 is 5.79. The molecule has 0 fully saturated rings. The third-order valence-electron chi connectivity index (χ3n) is 3.80. The molecule has 26 heavy (non-hydrogen) atoms. The molecule has 3 aromatic rings. The van der Waals surface area contributed by atoms with Gasteiger partial charge in [-0.05, 0) is 59.7 Å². The van der Waals surface area contributed by atoms with Crippen LogP contribution in [0.4, 0.5) is 0 Å². The molecule has 0 aliphatic heterocycles. The lowest BCUT2D eigenvalue weighted by Crippen LogP contribution is -2.21. The third kappa shape index (κ3) is 5.46. The minimum atomic E-state index is 0.496. The van der Waals surface area contributed by atoms with Gasteiger partial charge in [0, 0.05) is 22.2 Å². The summed E-state index contributed by atoms with van der Waals surface area (Å²) in [6, 6.07) is 23.0. The van der Waals surface area contributed by atoms with Crippen LogP contribution in [0.25, 0.3) is 0 Å². The van der Waals surface area contributed by atoms with Crippen LogP contribution in [-0.2, 0) is 13.2 Å². The van der Waals surface area contributed by atoms with Gasteiger partial charge in [-0.1, -0.05) is 59.7 Å². The van der Waals surface area contributed by atoms with Gasteiger partial charge < -0.3 is 10.1 Å². The largest absolute Gasteiger partial charge is 0.489 e. The monoisotopic (exact) mass is 401 g/mol. The van der Waals surface area contributed by atoms with E-state index in [1.165, 1.54) is 0 Å². The zero-order valence-electron chi connectivity index (χ0n) is 13.9. The van der Waals surface area contributed by atoms with Gasteiger partial charge in [-0.15, -0.1) is 0 Å². The van der Waals surface area contributed by atoms with Crippen molar-refractivity contribution < 1.29 is 4.74 Å². The van der Waals surface area contributed by atoms with E-state index < -0.39 is 0 Å². The van der Waals surface area contributed by atoms with Crippen molar-refractivity contribution in [2.45, 2.75) is 13.2 Å². The summed E-state index contributed by atoms with van der Waals surface area (Å²) in [5, 5.41) is 4.70. The van der Waals surface area contributed by atoms with Gasteiger partial charge >= 0.3 is 0 Å². The molecule has 132 valence electrons. The van der Waals surface area contributed by atoms with Crippen LogP contribution in [0, 0.1) is 0 Å². The number of nitrogens with one attached hydrogen (secondary N) is 1. The second-order valence-corrected chi connectivity index (χ2v) is 7.03. The summed E-state index contributed by atoms with van der Waals surface area (Å²) in [6.07, 6.45) is 0. The predicted octanol–water partition coefficient (Wildman–Crippen LogP) is 6.04. The highest BCUT2D eigenvalue weighted by Crippen LogP contribution is 2.16. The average Bonchev–Trinajstić information content (AvgIpc) is 2.67. The molecule has 3 rings (SSSR count). The van der Waals surface area contributed by atoms with Crippen LogP contribution in [0.1, 0.15) is 16.7 Å². The van der Waals surface area contributed by atoms with E-state index in [1.54, 1.807) is 0 Å². The van der Waals surface area contributed by atoms with Gasteiger partial charge in [-0.3, -0.25) is 0 Å². The van der Waals surface area contributed by atoms with Gasteiger partial charge in [0.2, 0.25) is 0 Å². The van der Waals surface area contributed by atoms with Crippen molar-refractivity contribution in [2.75, 3.05) is 0 Å². The Kier molecular flexibility index (Phi) is 6.51. The number of ether oxygens (including phenoxy) is 1. The maximum Gasteiger partial charge on any atom is 0.119 e. The van der Waals surface area contributed by atoms with Crippen molar-refractivity contribution in [2.24, 2.45) is 0 Å². The molecule has 2 nitrogen and oxygen atoms in total. The van der Waals surface area contributed by atoms with Gasteiger partial charge in [0.15, 0.2) is 0 Å². The van der Waals surface area contributed by atoms with Crippen LogP contribution in [0.15, 0.2) is 72.8 Å². The standard InChI is InChI=1S/C21H17Cl2NOS/c22-18-7-1-15(2-8-18)13-24-21(26)17-5-11-20(12-6-17)25-14-16-3-9-19(23)10-4-16/h1-12H,13-14H2,(H,24,26). The summed E-state index contributed by atoms with van der Waals surface area (Å²) in [5.74, 6) is 0.796. The van der Waals surface area contributed by atoms with E-state index >= 15 is 0 Å². The van der Waals surface area contributed by atoms with Gasteiger partial charge in [0.25, 0.3) is 0 Å². The number of halogens is 2. The lowest BCUT2D eigenvalue weighted by atomic mass is 10.2. The maximum atomic E-state index is 5.89. The van der Waals surface area contributed by atoms with E-state index in [0.29, 0.717) is 18.1 Å². The summed E-state index contributed by atoms with van der Waals surface area (Å²) in [4.78, 5) is 0.698. The molecule has 0 aromatic heterocycles. The Hall–Kier alpha value is -2.07. The third-order valence-corrected chi connectivity index (χ3v) is 4.69. The predicted molar refractivity (Wildman–Crippen MR) is 112 cm³/mol. The SMILES string of the molecule is S=C(NCc1ccc(Cl)cc1)c1ccc(OCc2ccc(Cl)cc2)cc1. The van der Waals surface area contributed by atoms with E-state index in [9.17, 15) is 0 Å². The highest BCUT2D eigenvalue weighted by Gasteiger charge is 2.03. The quantitative estimate of drug-likeness (QED) is 0.508. The Bertz CT molecular complexity index is 862. The minimum Gasteiger partial charge on any atom is -0.489 e. The van der Waals surface area contributed by atoms with E-state index in [0.717, 1.165) is 32.5 Å². The molecule has 0 unspecified atom stereocenters. The fourth-order valence-electron chi connectivity index (χ4n) is 2.34. The first-order chi connectivity index (χ1) is 12.6. The normalized spacial score (nSPS) is 10.4. The average molecular weight is 402 g/mol. The Morgan fingerprint density at radius 1 is 0.769 bits per heavy atom. The Labute approximate surface area is 168 Å². The lowest BCUT2D eigenvalue weighted by molar-refractivity contribution is 0.306. The Balaban J connectivity index is 1.52. The topological polar surface area (TPSA) is 21.3 Å². The molecule has 0 amide bonds. The minimum absolute atomic E-state index is 0.496. The van der Waals surface area contributed by atoms with E-state index in [4.69, 9.17) is 40.2 Å². The summed E-state index contributed by atoms with van der Waals surface area (Å²) in [5.41, 5.74) is 3.14. The second-order valence-electron chi connectivity index (χ2n) is 5.75. The van der Waals surface area contributed by atoms with Crippen LogP contribution >= 0.6 is 35.4 Å². The molecule has 5 heteroatoms. The lowest BCUT2D eigenvalue weighted by Gasteiger charge is -2.10. The van der Waals surface area contributed by atoms with Crippen LogP contribution < -0.4 is 10.1 Å². The first-order valence-corrected chi connectivity index (χ1v) is 9.26.